The lowest BCUT2D eigenvalue weighted by Crippen LogP contribution is -2.39. The number of hydrogen-bond donors (Lipinski definition) is 1. The zero-order valence-electron chi connectivity index (χ0n) is 7.67. The Morgan fingerprint density at radius 3 is 2.92 bits per heavy atom. The summed E-state index contributed by atoms with van der Waals surface area (Å²) in [4.78, 5) is 11.3. The molecule has 0 aliphatic carbocycles. The minimum atomic E-state index is -0.369. The number of aliphatic hydroxyl groups excluding tert-OH is 1. The summed E-state index contributed by atoms with van der Waals surface area (Å²) < 4.78 is 4.99. The quantitative estimate of drug-likeness (QED) is 0.631. The third-order valence-electron chi connectivity index (χ3n) is 2.72. The Morgan fingerprint density at radius 2 is 2.42 bits per heavy atom. The summed E-state index contributed by atoms with van der Waals surface area (Å²) in [5.74, 6) is 0.0161. The average Bonchev–Trinajstić information content (AvgIpc) is 2.10. The molecule has 0 amide bonds. The van der Waals surface area contributed by atoms with Crippen molar-refractivity contribution in [1.82, 2.24) is 0 Å². The summed E-state index contributed by atoms with van der Waals surface area (Å²) in [5, 5.41) is 8.91. The summed E-state index contributed by atoms with van der Waals surface area (Å²) in [6.07, 6.45) is 1.53. The van der Waals surface area contributed by atoms with Crippen LogP contribution >= 0.6 is 0 Å². The maximum atomic E-state index is 11.3. The van der Waals surface area contributed by atoms with Gasteiger partial charge in [0, 0.05) is 12.5 Å². The van der Waals surface area contributed by atoms with Gasteiger partial charge < -0.3 is 9.84 Å². The number of esters is 1. The smallest absolute Gasteiger partial charge is 0.311 e. The van der Waals surface area contributed by atoms with E-state index in [2.05, 4.69) is 0 Å². The molecular weight excluding hydrogens is 156 g/mol. The summed E-state index contributed by atoms with van der Waals surface area (Å²) in [5.41, 5.74) is -0.369. The lowest BCUT2D eigenvalue weighted by atomic mass is 9.77. The van der Waals surface area contributed by atoms with Crippen LogP contribution in [0.15, 0.2) is 0 Å². The summed E-state index contributed by atoms with van der Waals surface area (Å²) >= 11 is 0. The zero-order valence-corrected chi connectivity index (χ0v) is 7.67. The van der Waals surface area contributed by atoms with Crippen LogP contribution in [0.3, 0.4) is 0 Å². The first-order chi connectivity index (χ1) is 5.62. The van der Waals surface area contributed by atoms with Gasteiger partial charge in [-0.3, -0.25) is 4.79 Å². The minimum absolute atomic E-state index is 0.114. The molecule has 2 unspecified atom stereocenters. The van der Waals surface area contributed by atoms with Crippen molar-refractivity contribution in [3.63, 3.8) is 0 Å². The van der Waals surface area contributed by atoms with E-state index in [1.165, 1.54) is 0 Å². The van der Waals surface area contributed by atoms with E-state index >= 15 is 0 Å². The fourth-order valence-corrected chi connectivity index (χ4v) is 1.55. The Bertz CT molecular complexity index is 179. The van der Waals surface area contributed by atoms with Crippen LogP contribution in [-0.4, -0.2) is 24.3 Å². The fourth-order valence-electron chi connectivity index (χ4n) is 1.55. The standard InChI is InChI=1S/C9H16O3/c1-3-9(2)4-7(5-10)6-12-8(9)11/h7,10H,3-6H2,1-2H3. The fraction of sp³-hybridized carbons (Fsp3) is 0.889. The van der Waals surface area contributed by atoms with Gasteiger partial charge in [-0.05, 0) is 19.8 Å². The number of cyclic esters (lactones) is 1. The monoisotopic (exact) mass is 172 g/mol. The van der Waals surface area contributed by atoms with E-state index in [9.17, 15) is 4.79 Å². The van der Waals surface area contributed by atoms with E-state index in [1.54, 1.807) is 0 Å². The molecule has 12 heavy (non-hydrogen) atoms. The number of carbonyl (C=O) groups is 1. The van der Waals surface area contributed by atoms with Gasteiger partial charge in [-0.25, -0.2) is 0 Å². The highest BCUT2D eigenvalue weighted by molar-refractivity contribution is 5.77. The van der Waals surface area contributed by atoms with E-state index in [0.717, 1.165) is 12.8 Å². The first kappa shape index (κ1) is 9.52. The molecule has 3 nitrogen and oxygen atoms in total. The second kappa shape index (κ2) is 3.44. The Morgan fingerprint density at radius 1 is 1.75 bits per heavy atom. The normalized spacial score (nSPS) is 36.2. The van der Waals surface area contributed by atoms with Crippen LogP contribution in [0.2, 0.25) is 0 Å². The van der Waals surface area contributed by atoms with Crippen LogP contribution in [0.25, 0.3) is 0 Å². The molecular formula is C9H16O3. The number of ether oxygens (including phenoxy) is 1. The van der Waals surface area contributed by atoms with E-state index < -0.39 is 0 Å². The molecule has 1 rings (SSSR count). The topological polar surface area (TPSA) is 46.5 Å². The highest BCUT2D eigenvalue weighted by atomic mass is 16.5. The van der Waals surface area contributed by atoms with Crippen molar-refractivity contribution in [3.05, 3.63) is 0 Å². The molecule has 0 saturated carbocycles. The molecule has 0 aromatic heterocycles. The average molecular weight is 172 g/mol. The predicted molar refractivity (Wildman–Crippen MR) is 44.5 cm³/mol. The molecule has 70 valence electrons. The number of hydrogen-bond acceptors (Lipinski definition) is 3. The molecule has 0 spiro atoms. The molecule has 1 saturated heterocycles. The van der Waals surface area contributed by atoms with Crippen molar-refractivity contribution in [1.29, 1.82) is 0 Å². The first-order valence-corrected chi connectivity index (χ1v) is 4.40. The van der Waals surface area contributed by atoms with Crippen molar-refractivity contribution in [2.24, 2.45) is 11.3 Å². The van der Waals surface area contributed by atoms with Gasteiger partial charge in [0.15, 0.2) is 0 Å². The molecule has 0 radical (unpaired) electrons. The van der Waals surface area contributed by atoms with E-state index in [4.69, 9.17) is 9.84 Å². The summed E-state index contributed by atoms with van der Waals surface area (Å²) in [6, 6.07) is 0. The molecule has 0 bridgehead atoms. The minimum Gasteiger partial charge on any atom is -0.465 e. The van der Waals surface area contributed by atoms with Crippen LogP contribution in [-0.2, 0) is 9.53 Å². The van der Waals surface area contributed by atoms with Gasteiger partial charge in [0.2, 0.25) is 0 Å². The van der Waals surface area contributed by atoms with Gasteiger partial charge >= 0.3 is 5.97 Å². The van der Waals surface area contributed by atoms with Gasteiger partial charge in [0.1, 0.15) is 0 Å². The SMILES string of the molecule is CCC1(C)CC(CO)COC1=O. The third kappa shape index (κ3) is 1.61. The molecule has 0 aromatic carbocycles. The van der Waals surface area contributed by atoms with Gasteiger partial charge in [-0.2, -0.15) is 0 Å². The van der Waals surface area contributed by atoms with Gasteiger partial charge in [0.05, 0.1) is 12.0 Å². The van der Waals surface area contributed by atoms with Crippen LogP contribution in [0.5, 0.6) is 0 Å². The van der Waals surface area contributed by atoms with E-state index in [-0.39, 0.29) is 23.9 Å². The second-order valence-corrected chi connectivity index (χ2v) is 3.77. The number of aliphatic hydroxyl groups is 1. The third-order valence-corrected chi connectivity index (χ3v) is 2.72. The largest absolute Gasteiger partial charge is 0.465 e. The van der Waals surface area contributed by atoms with Gasteiger partial charge in [-0.1, -0.05) is 6.92 Å². The molecule has 1 aliphatic heterocycles. The molecule has 1 fully saturated rings. The van der Waals surface area contributed by atoms with Crippen LogP contribution in [0.1, 0.15) is 26.7 Å². The Kier molecular flexibility index (Phi) is 2.73. The molecule has 2 atom stereocenters. The maximum Gasteiger partial charge on any atom is 0.311 e. The van der Waals surface area contributed by atoms with Gasteiger partial charge in [-0.15, -0.1) is 0 Å². The van der Waals surface area contributed by atoms with Crippen molar-refractivity contribution in [2.45, 2.75) is 26.7 Å². The molecule has 3 heteroatoms. The van der Waals surface area contributed by atoms with Crippen LogP contribution in [0.4, 0.5) is 0 Å². The Labute approximate surface area is 72.7 Å². The highest BCUT2D eigenvalue weighted by Crippen LogP contribution is 2.35. The zero-order chi connectivity index (χ0) is 9.19. The lowest BCUT2D eigenvalue weighted by Gasteiger charge is -2.34. The van der Waals surface area contributed by atoms with Crippen molar-refractivity contribution in [2.75, 3.05) is 13.2 Å². The van der Waals surface area contributed by atoms with Crippen molar-refractivity contribution < 1.29 is 14.6 Å². The van der Waals surface area contributed by atoms with Crippen molar-refractivity contribution in [3.8, 4) is 0 Å². The lowest BCUT2D eigenvalue weighted by molar-refractivity contribution is -0.166. The predicted octanol–water partition coefficient (Wildman–Crippen LogP) is 0.958. The van der Waals surface area contributed by atoms with Crippen LogP contribution in [0, 0.1) is 11.3 Å². The Balaban J connectivity index is 2.65. The highest BCUT2D eigenvalue weighted by Gasteiger charge is 2.39. The molecule has 1 N–H and O–H groups in total. The molecule has 0 aromatic rings. The van der Waals surface area contributed by atoms with Crippen LogP contribution < -0.4 is 0 Å². The van der Waals surface area contributed by atoms with E-state index in [0.29, 0.717) is 6.61 Å². The maximum absolute atomic E-state index is 11.3. The molecule has 1 aliphatic rings. The van der Waals surface area contributed by atoms with E-state index in [1.807, 2.05) is 13.8 Å². The summed E-state index contributed by atoms with van der Waals surface area (Å²) in [7, 11) is 0. The second-order valence-electron chi connectivity index (χ2n) is 3.77. The number of carbonyl (C=O) groups excluding carboxylic acids is 1. The summed E-state index contributed by atoms with van der Waals surface area (Å²) in [6.45, 7) is 4.37. The Hall–Kier alpha value is -0.570. The number of rotatable bonds is 2. The van der Waals surface area contributed by atoms with Crippen molar-refractivity contribution >= 4 is 5.97 Å². The van der Waals surface area contributed by atoms with Gasteiger partial charge in [0.25, 0.3) is 0 Å². The first-order valence-electron chi connectivity index (χ1n) is 4.40. The molecule has 1 heterocycles.